The van der Waals surface area contributed by atoms with Gasteiger partial charge >= 0.3 is 5.97 Å². The number of para-hydroxylation sites is 1. The zero-order valence-electron chi connectivity index (χ0n) is 12.6. The molecule has 0 bridgehead atoms. The number of methoxy groups -OCH3 is 1. The highest BCUT2D eigenvalue weighted by Crippen LogP contribution is 2.29. The van der Waals surface area contributed by atoms with E-state index in [4.69, 9.17) is 21.4 Å². The molecule has 8 heteroatoms. The number of sulfonamides is 1. The molecule has 0 aliphatic carbocycles. The maximum absolute atomic E-state index is 12.6. The average molecular weight is 368 g/mol. The van der Waals surface area contributed by atoms with Crippen LogP contribution in [0.5, 0.6) is 5.75 Å². The standard InChI is InChI=1S/C16H14ClNO5S/c1-23-14-8-6-11(7-9-16(19)20)10-15(14)24(21,22)18-13-5-3-2-4-12(13)17/h2-10,18H,1H3,(H,19,20). The molecule has 2 rings (SSSR count). The molecule has 0 saturated carbocycles. The van der Waals surface area contributed by atoms with Gasteiger partial charge in [-0.2, -0.15) is 0 Å². The van der Waals surface area contributed by atoms with Crippen LogP contribution in [0.3, 0.4) is 0 Å². The molecule has 0 aliphatic rings. The van der Waals surface area contributed by atoms with Crippen molar-refractivity contribution >= 4 is 39.4 Å². The lowest BCUT2D eigenvalue weighted by atomic mass is 10.2. The Balaban J connectivity index is 2.46. The zero-order valence-corrected chi connectivity index (χ0v) is 14.1. The van der Waals surface area contributed by atoms with Crippen molar-refractivity contribution in [2.75, 3.05) is 11.8 Å². The maximum atomic E-state index is 12.6. The van der Waals surface area contributed by atoms with Crippen molar-refractivity contribution in [1.29, 1.82) is 0 Å². The summed E-state index contributed by atoms with van der Waals surface area (Å²) in [6, 6.07) is 10.7. The highest BCUT2D eigenvalue weighted by molar-refractivity contribution is 7.92. The molecular formula is C16H14ClNO5S. The van der Waals surface area contributed by atoms with E-state index in [9.17, 15) is 13.2 Å². The number of anilines is 1. The number of hydrogen-bond donors (Lipinski definition) is 2. The first-order valence-electron chi connectivity index (χ1n) is 6.70. The highest BCUT2D eigenvalue weighted by atomic mass is 35.5. The maximum Gasteiger partial charge on any atom is 0.328 e. The molecule has 0 unspecified atom stereocenters. The van der Waals surface area contributed by atoms with Crippen LogP contribution in [0.2, 0.25) is 5.02 Å². The molecule has 0 fully saturated rings. The molecule has 0 spiro atoms. The van der Waals surface area contributed by atoms with Crippen molar-refractivity contribution in [3.8, 4) is 5.75 Å². The van der Waals surface area contributed by atoms with E-state index in [2.05, 4.69) is 4.72 Å². The van der Waals surface area contributed by atoms with Crippen LogP contribution < -0.4 is 9.46 Å². The summed E-state index contributed by atoms with van der Waals surface area (Å²) in [7, 11) is -2.64. The van der Waals surface area contributed by atoms with Gasteiger partial charge in [-0.15, -0.1) is 0 Å². The number of hydrogen-bond acceptors (Lipinski definition) is 4. The molecule has 0 heterocycles. The number of carboxylic acid groups (broad SMARTS) is 1. The number of aliphatic carboxylic acids is 1. The number of carbonyl (C=O) groups is 1. The largest absolute Gasteiger partial charge is 0.495 e. The Bertz CT molecular complexity index is 893. The van der Waals surface area contributed by atoms with Gasteiger partial charge in [-0.05, 0) is 35.9 Å². The van der Waals surface area contributed by atoms with Crippen molar-refractivity contribution in [1.82, 2.24) is 0 Å². The minimum Gasteiger partial charge on any atom is -0.495 e. The van der Waals surface area contributed by atoms with E-state index in [1.54, 1.807) is 24.3 Å². The Labute approximate surface area is 144 Å². The van der Waals surface area contributed by atoms with Gasteiger partial charge in [0.25, 0.3) is 10.0 Å². The van der Waals surface area contributed by atoms with Crippen LogP contribution in [0.25, 0.3) is 6.08 Å². The van der Waals surface area contributed by atoms with Gasteiger partial charge in [0.1, 0.15) is 10.6 Å². The molecule has 0 aliphatic heterocycles. The molecular weight excluding hydrogens is 354 g/mol. The summed E-state index contributed by atoms with van der Waals surface area (Å²) in [6.45, 7) is 0. The smallest absolute Gasteiger partial charge is 0.328 e. The van der Waals surface area contributed by atoms with E-state index in [-0.39, 0.29) is 21.4 Å². The summed E-state index contributed by atoms with van der Waals surface area (Å²) in [5.41, 5.74) is 0.630. The second kappa shape index (κ2) is 7.37. The minimum absolute atomic E-state index is 0.127. The van der Waals surface area contributed by atoms with E-state index in [0.717, 1.165) is 6.08 Å². The van der Waals surface area contributed by atoms with Crippen LogP contribution in [0.4, 0.5) is 5.69 Å². The van der Waals surface area contributed by atoms with Gasteiger partial charge in [0.2, 0.25) is 0 Å². The molecule has 6 nitrogen and oxygen atoms in total. The Morgan fingerprint density at radius 2 is 1.96 bits per heavy atom. The van der Waals surface area contributed by atoms with Crippen molar-refractivity contribution in [3.05, 3.63) is 59.1 Å². The lowest BCUT2D eigenvalue weighted by Gasteiger charge is -2.13. The normalized spacial score (nSPS) is 11.4. The third-order valence-electron chi connectivity index (χ3n) is 3.01. The van der Waals surface area contributed by atoms with Crippen molar-refractivity contribution in [3.63, 3.8) is 0 Å². The van der Waals surface area contributed by atoms with Crippen LogP contribution >= 0.6 is 11.6 Å². The molecule has 2 N–H and O–H groups in total. The van der Waals surface area contributed by atoms with E-state index in [1.165, 1.54) is 31.4 Å². The summed E-state index contributed by atoms with van der Waals surface area (Å²) >= 11 is 5.97. The molecule has 126 valence electrons. The first-order valence-corrected chi connectivity index (χ1v) is 8.56. The first-order chi connectivity index (χ1) is 11.3. The number of halogens is 1. The second-order valence-corrected chi connectivity index (χ2v) is 6.73. The molecule has 0 saturated heterocycles. The monoisotopic (exact) mass is 367 g/mol. The number of benzene rings is 2. The fourth-order valence-corrected chi connectivity index (χ4v) is 3.44. The van der Waals surface area contributed by atoms with Crippen LogP contribution in [0, 0.1) is 0 Å². The molecule has 0 amide bonds. The Morgan fingerprint density at radius 3 is 2.58 bits per heavy atom. The Kier molecular flexibility index (Phi) is 5.48. The van der Waals surface area contributed by atoms with Crippen LogP contribution in [-0.4, -0.2) is 26.6 Å². The van der Waals surface area contributed by atoms with Gasteiger partial charge in [-0.1, -0.05) is 29.8 Å². The van der Waals surface area contributed by atoms with E-state index in [1.807, 2.05) is 0 Å². The van der Waals surface area contributed by atoms with Gasteiger partial charge in [0, 0.05) is 6.08 Å². The number of nitrogens with one attached hydrogen (secondary N) is 1. The third-order valence-corrected chi connectivity index (χ3v) is 4.73. The number of carboxylic acids is 1. The molecule has 0 radical (unpaired) electrons. The summed E-state index contributed by atoms with van der Waals surface area (Å²) in [5, 5.41) is 8.93. The third kappa shape index (κ3) is 4.27. The van der Waals surface area contributed by atoms with Gasteiger partial charge < -0.3 is 9.84 Å². The fourth-order valence-electron chi connectivity index (χ4n) is 1.92. The topological polar surface area (TPSA) is 92.7 Å². The Morgan fingerprint density at radius 1 is 1.25 bits per heavy atom. The van der Waals surface area contributed by atoms with E-state index >= 15 is 0 Å². The predicted octanol–water partition coefficient (Wildman–Crippen LogP) is 3.25. The summed E-state index contributed by atoms with van der Waals surface area (Å²) in [4.78, 5) is 10.5. The van der Waals surface area contributed by atoms with Crippen LogP contribution in [-0.2, 0) is 14.8 Å². The molecule has 2 aromatic carbocycles. The molecule has 24 heavy (non-hydrogen) atoms. The van der Waals surface area contributed by atoms with Crippen molar-refractivity contribution in [2.45, 2.75) is 4.90 Å². The summed E-state index contributed by atoms with van der Waals surface area (Å²) < 4.78 is 32.7. The van der Waals surface area contributed by atoms with E-state index in [0.29, 0.717) is 5.56 Å². The number of rotatable bonds is 6. The molecule has 2 aromatic rings. The molecule has 0 atom stereocenters. The van der Waals surface area contributed by atoms with Crippen LogP contribution in [0.15, 0.2) is 53.4 Å². The Hall–Kier alpha value is -2.51. The lowest BCUT2D eigenvalue weighted by molar-refractivity contribution is -0.131. The molecule has 0 aromatic heterocycles. The van der Waals surface area contributed by atoms with Crippen molar-refractivity contribution < 1.29 is 23.1 Å². The second-order valence-electron chi connectivity index (χ2n) is 4.67. The summed E-state index contributed by atoms with van der Waals surface area (Å²) in [6.07, 6.45) is 2.20. The lowest BCUT2D eigenvalue weighted by Crippen LogP contribution is -2.14. The first kappa shape index (κ1) is 17.8. The predicted molar refractivity (Wildman–Crippen MR) is 91.9 cm³/mol. The van der Waals surface area contributed by atoms with Gasteiger partial charge in [-0.3, -0.25) is 4.72 Å². The fraction of sp³-hybridized carbons (Fsp3) is 0.0625. The minimum atomic E-state index is -3.98. The quantitative estimate of drug-likeness (QED) is 0.764. The van der Waals surface area contributed by atoms with E-state index < -0.39 is 16.0 Å². The highest BCUT2D eigenvalue weighted by Gasteiger charge is 2.21. The van der Waals surface area contributed by atoms with Gasteiger partial charge in [0.15, 0.2) is 0 Å². The SMILES string of the molecule is COc1ccc(C=CC(=O)O)cc1S(=O)(=O)Nc1ccccc1Cl. The van der Waals surface area contributed by atoms with Gasteiger partial charge in [0.05, 0.1) is 17.8 Å². The zero-order chi connectivity index (χ0) is 17.7. The number of ether oxygens (including phenoxy) is 1. The van der Waals surface area contributed by atoms with Crippen molar-refractivity contribution in [2.24, 2.45) is 0 Å². The van der Waals surface area contributed by atoms with Crippen LogP contribution in [0.1, 0.15) is 5.56 Å². The van der Waals surface area contributed by atoms with Gasteiger partial charge in [-0.25, -0.2) is 13.2 Å². The average Bonchev–Trinajstić information content (AvgIpc) is 2.54. The summed E-state index contributed by atoms with van der Waals surface area (Å²) in [5.74, 6) is -1.01.